The predicted molar refractivity (Wildman–Crippen MR) is 116 cm³/mol. The molecule has 4 nitrogen and oxygen atoms in total. The molecule has 3 rings (SSSR count). The van der Waals surface area contributed by atoms with Crippen LogP contribution in [0.1, 0.15) is 11.1 Å². The molecule has 0 bridgehead atoms. The van der Waals surface area contributed by atoms with Gasteiger partial charge >= 0.3 is 0 Å². The van der Waals surface area contributed by atoms with Gasteiger partial charge in [-0.15, -0.1) is 11.3 Å². The molecule has 29 heavy (non-hydrogen) atoms. The lowest BCUT2D eigenvalue weighted by Crippen LogP contribution is -1.77. The van der Waals surface area contributed by atoms with Crippen LogP contribution in [0.4, 0.5) is 0 Å². The number of hydrogen-bond donors (Lipinski definition) is 0. The van der Waals surface area contributed by atoms with Gasteiger partial charge in [-0.1, -0.05) is 48.5 Å². The lowest BCUT2D eigenvalue weighted by molar-refractivity contribution is 1.50. The maximum absolute atomic E-state index is 8.86. The van der Waals surface area contributed by atoms with E-state index >= 15 is 0 Å². The highest BCUT2D eigenvalue weighted by molar-refractivity contribution is 7.18. The molecule has 1 aromatic heterocycles. The van der Waals surface area contributed by atoms with Gasteiger partial charge < -0.3 is 0 Å². The first-order valence-electron chi connectivity index (χ1n) is 8.46. The summed E-state index contributed by atoms with van der Waals surface area (Å²) in [6.45, 7) is 13.9. The van der Waals surface area contributed by atoms with Crippen LogP contribution in [0.2, 0.25) is 0 Å². The molecule has 0 atom stereocenters. The van der Waals surface area contributed by atoms with E-state index in [1.165, 1.54) is 0 Å². The highest BCUT2D eigenvalue weighted by Gasteiger charge is 2.06. The lowest BCUT2D eigenvalue weighted by atomic mass is 10.1. The normalized spacial score (nSPS) is 11.0. The molecule has 5 heteroatoms. The van der Waals surface area contributed by atoms with Crippen molar-refractivity contribution in [1.82, 2.24) is 0 Å². The number of allylic oxidation sites excluding steroid dienone is 2. The fourth-order valence-electron chi connectivity index (χ4n) is 2.63. The Labute approximate surface area is 173 Å². The highest BCUT2D eigenvalue weighted by atomic mass is 32.1. The number of benzene rings is 2. The Morgan fingerprint density at radius 2 is 1.07 bits per heavy atom. The van der Waals surface area contributed by atoms with Gasteiger partial charge in [0.1, 0.15) is 0 Å². The monoisotopic (exact) mass is 388 g/mol. The SMILES string of the molecule is [C-]#[N+]/C(C#N)=C\c1ccc(-c2ccc(-c3ccc(/C=C(\C#N)[N+]#[C-])cc3)s2)cc1. The van der Waals surface area contributed by atoms with Gasteiger partial charge in [-0.25, -0.2) is 20.2 Å². The standard InChI is InChI=1S/C24H12N4S/c1-27-21(15-25)13-17-3-7-19(8-4-17)23-11-12-24(29-23)20-9-5-18(6-10-20)14-22(16-26)28-2/h3-14H/b21-13-,22-14+. The first-order valence-corrected chi connectivity index (χ1v) is 9.27. The summed E-state index contributed by atoms with van der Waals surface area (Å²) in [7, 11) is 0. The van der Waals surface area contributed by atoms with E-state index in [0.717, 1.165) is 32.0 Å². The van der Waals surface area contributed by atoms with Gasteiger partial charge in [-0.3, -0.25) is 0 Å². The van der Waals surface area contributed by atoms with Crippen molar-refractivity contribution in [3.8, 4) is 33.0 Å². The van der Waals surface area contributed by atoms with Crippen molar-refractivity contribution in [2.75, 3.05) is 0 Å². The zero-order valence-electron chi connectivity index (χ0n) is 15.1. The van der Waals surface area contributed by atoms with Crippen LogP contribution in [0, 0.1) is 35.8 Å². The van der Waals surface area contributed by atoms with E-state index < -0.39 is 0 Å². The Morgan fingerprint density at radius 1 is 0.690 bits per heavy atom. The fraction of sp³-hybridized carbons (Fsp3) is 0. The third-order valence-corrected chi connectivity index (χ3v) is 5.26. The first kappa shape index (κ1) is 19.3. The molecule has 0 unspecified atom stereocenters. The second-order valence-corrected chi connectivity index (χ2v) is 7.00. The molecule has 0 radical (unpaired) electrons. The summed E-state index contributed by atoms with van der Waals surface area (Å²) < 4.78 is 0. The smallest absolute Gasteiger partial charge is 0.227 e. The molecule has 0 saturated carbocycles. The fourth-order valence-corrected chi connectivity index (χ4v) is 3.65. The van der Waals surface area contributed by atoms with E-state index in [-0.39, 0.29) is 11.4 Å². The van der Waals surface area contributed by atoms with Gasteiger partial charge in [-0.05, 0) is 46.5 Å². The van der Waals surface area contributed by atoms with Crippen molar-refractivity contribution in [1.29, 1.82) is 10.5 Å². The van der Waals surface area contributed by atoms with Crippen molar-refractivity contribution < 1.29 is 0 Å². The first-order chi connectivity index (χ1) is 14.2. The van der Waals surface area contributed by atoms with Crippen LogP contribution in [-0.4, -0.2) is 0 Å². The van der Waals surface area contributed by atoms with Crippen LogP contribution in [0.5, 0.6) is 0 Å². The topological polar surface area (TPSA) is 56.3 Å². The van der Waals surface area contributed by atoms with Gasteiger partial charge in [0.2, 0.25) is 0 Å². The molecule has 0 saturated heterocycles. The summed E-state index contributed by atoms with van der Waals surface area (Å²) in [6.07, 6.45) is 3.14. The van der Waals surface area contributed by atoms with E-state index in [9.17, 15) is 0 Å². The van der Waals surface area contributed by atoms with E-state index in [1.54, 1.807) is 23.5 Å². The van der Waals surface area contributed by atoms with Crippen LogP contribution in [0.3, 0.4) is 0 Å². The zero-order chi connectivity index (χ0) is 20.6. The van der Waals surface area contributed by atoms with Crippen LogP contribution in [0.25, 0.3) is 42.7 Å². The summed E-state index contributed by atoms with van der Waals surface area (Å²) in [6, 6.07) is 23.3. The van der Waals surface area contributed by atoms with E-state index in [1.807, 2.05) is 60.7 Å². The van der Waals surface area contributed by atoms with Gasteiger partial charge in [-0.2, -0.15) is 0 Å². The number of nitriles is 2. The average Bonchev–Trinajstić information content (AvgIpc) is 3.27. The molecule has 0 fully saturated rings. The molecule has 0 amide bonds. The highest BCUT2D eigenvalue weighted by Crippen LogP contribution is 2.34. The Kier molecular flexibility index (Phi) is 5.99. The summed E-state index contributed by atoms with van der Waals surface area (Å²) in [4.78, 5) is 8.57. The molecule has 0 aliphatic rings. The van der Waals surface area contributed by atoms with E-state index in [2.05, 4.69) is 21.8 Å². The minimum atomic E-state index is 0.0627. The molecule has 0 aliphatic heterocycles. The van der Waals surface area contributed by atoms with Crippen molar-refractivity contribution in [2.45, 2.75) is 0 Å². The van der Waals surface area contributed by atoms with Crippen molar-refractivity contribution in [3.63, 3.8) is 0 Å². The summed E-state index contributed by atoms with van der Waals surface area (Å²) in [5.74, 6) is 0. The van der Waals surface area contributed by atoms with Crippen molar-refractivity contribution in [2.24, 2.45) is 0 Å². The molecule has 0 N–H and O–H groups in total. The Morgan fingerprint density at radius 3 is 1.38 bits per heavy atom. The van der Waals surface area contributed by atoms with Crippen molar-refractivity contribution in [3.05, 3.63) is 106 Å². The lowest BCUT2D eigenvalue weighted by Gasteiger charge is -2.00. The van der Waals surface area contributed by atoms with Crippen LogP contribution in [0.15, 0.2) is 72.1 Å². The second kappa shape index (κ2) is 8.98. The van der Waals surface area contributed by atoms with E-state index in [4.69, 9.17) is 23.7 Å². The molecule has 0 spiro atoms. The quantitative estimate of drug-likeness (QED) is 0.371. The maximum atomic E-state index is 8.86. The van der Waals surface area contributed by atoms with Gasteiger partial charge in [0.15, 0.2) is 0 Å². The largest absolute Gasteiger partial charge is 0.262 e. The Balaban J connectivity index is 1.81. The predicted octanol–water partition coefficient (Wildman–Crippen LogP) is 6.65. The average molecular weight is 388 g/mol. The van der Waals surface area contributed by atoms with Gasteiger partial charge in [0, 0.05) is 9.75 Å². The summed E-state index contributed by atoms with van der Waals surface area (Å²) in [5.41, 5.74) is 3.89. The molecule has 1 heterocycles. The van der Waals surface area contributed by atoms with Crippen molar-refractivity contribution >= 4 is 23.5 Å². The Hall–Kier alpha value is -4.42. The molecular weight excluding hydrogens is 376 g/mol. The summed E-state index contributed by atoms with van der Waals surface area (Å²) in [5, 5.41) is 17.7. The maximum Gasteiger partial charge on any atom is 0.262 e. The molecule has 3 aromatic rings. The minimum absolute atomic E-state index is 0.0627. The number of hydrogen-bond acceptors (Lipinski definition) is 3. The van der Waals surface area contributed by atoms with Gasteiger partial charge in [0.05, 0.1) is 25.3 Å². The molecule has 134 valence electrons. The molecule has 0 aliphatic carbocycles. The Bertz CT molecular complexity index is 1130. The molecule has 2 aromatic carbocycles. The zero-order valence-corrected chi connectivity index (χ0v) is 15.9. The molecular formula is C24H12N4S. The number of rotatable bonds is 4. The third kappa shape index (κ3) is 4.65. The second-order valence-electron chi connectivity index (χ2n) is 5.91. The number of thiophene rings is 1. The van der Waals surface area contributed by atoms with Crippen LogP contribution < -0.4 is 0 Å². The van der Waals surface area contributed by atoms with Gasteiger partial charge in [0.25, 0.3) is 11.4 Å². The number of nitrogens with zero attached hydrogens (tertiary/aromatic N) is 4. The summed E-state index contributed by atoms with van der Waals surface area (Å²) >= 11 is 1.66. The van der Waals surface area contributed by atoms with Crippen LogP contribution in [-0.2, 0) is 0 Å². The third-order valence-electron chi connectivity index (χ3n) is 4.07. The van der Waals surface area contributed by atoms with Crippen LogP contribution >= 0.6 is 11.3 Å². The minimum Gasteiger partial charge on any atom is -0.227 e. The van der Waals surface area contributed by atoms with E-state index in [0.29, 0.717) is 0 Å².